The number of nitrogens with one attached hydrogen (secondary N) is 1. The zero-order chi connectivity index (χ0) is 12.5. The second-order valence-electron chi connectivity index (χ2n) is 4.17. The van der Waals surface area contributed by atoms with Crippen molar-refractivity contribution in [1.82, 2.24) is 9.97 Å². The van der Waals surface area contributed by atoms with Gasteiger partial charge in [-0.25, -0.2) is 9.97 Å². The molecule has 0 fully saturated rings. The molecule has 0 atom stereocenters. The molecular weight excluding hydrogens is 248 g/mol. The maximum absolute atomic E-state index is 5.83. The second kappa shape index (κ2) is 4.38. The number of anilines is 2. The van der Waals surface area contributed by atoms with Gasteiger partial charge in [0.05, 0.1) is 6.54 Å². The molecule has 1 aromatic heterocycles. The number of aliphatic imine (C=N–C) groups is 1. The van der Waals surface area contributed by atoms with E-state index in [4.69, 9.17) is 11.6 Å². The molecule has 0 aliphatic carbocycles. The van der Waals surface area contributed by atoms with Gasteiger partial charge in [-0.1, -0.05) is 6.07 Å². The van der Waals surface area contributed by atoms with Gasteiger partial charge in [0.15, 0.2) is 0 Å². The predicted octanol–water partition coefficient (Wildman–Crippen LogP) is 3.11. The lowest BCUT2D eigenvalue weighted by Crippen LogP contribution is -1.97. The molecule has 1 aliphatic rings. The molecule has 1 aromatic carbocycles. The number of hydrogen-bond donors (Lipinski definition) is 1. The molecule has 0 amide bonds. The minimum Gasteiger partial charge on any atom is -0.340 e. The molecule has 5 heteroatoms. The van der Waals surface area contributed by atoms with Crippen molar-refractivity contribution < 1.29 is 0 Å². The number of aryl methyl sites for hydroxylation is 1. The number of rotatable bonds is 2. The summed E-state index contributed by atoms with van der Waals surface area (Å²) in [4.78, 5) is 12.4. The third kappa shape index (κ3) is 2.19. The molecule has 3 rings (SSSR count). The molecule has 1 N–H and O–H groups in total. The van der Waals surface area contributed by atoms with Gasteiger partial charge in [0.25, 0.3) is 0 Å². The monoisotopic (exact) mass is 258 g/mol. The van der Waals surface area contributed by atoms with E-state index in [-0.39, 0.29) is 5.28 Å². The van der Waals surface area contributed by atoms with E-state index < -0.39 is 0 Å². The Balaban J connectivity index is 1.90. The molecule has 2 heterocycles. The van der Waals surface area contributed by atoms with Gasteiger partial charge in [-0.3, -0.25) is 4.99 Å². The van der Waals surface area contributed by atoms with Crippen molar-refractivity contribution in [2.45, 2.75) is 13.5 Å². The van der Waals surface area contributed by atoms with Crippen LogP contribution in [-0.4, -0.2) is 16.2 Å². The molecule has 0 saturated heterocycles. The van der Waals surface area contributed by atoms with Crippen LogP contribution >= 0.6 is 11.6 Å². The van der Waals surface area contributed by atoms with Gasteiger partial charge in [0, 0.05) is 23.7 Å². The first kappa shape index (κ1) is 11.2. The largest absolute Gasteiger partial charge is 0.340 e. The number of benzene rings is 1. The standard InChI is InChI=1S/C13H11ClN4/c1-8-4-12(18-13(14)16-8)17-11-3-2-9-6-15-7-10(9)5-11/h2-5,7H,6H2,1H3,(H,16,17,18). The number of halogens is 1. The highest BCUT2D eigenvalue weighted by Crippen LogP contribution is 2.22. The Bertz CT molecular complexity index is 617. The molecule has 0 spiro atoms. The minimum atomic E-state index is 0.250. The fourth-order valence-electron chi connectivity index (χ4n) is 1.92. The third-order valence-electron chi connectivity index (χ3n) is 2.74. The minimum absolute atomic E-state index is 0.250. The van der Waals surface area contributed by atoms with Crippen molar-refractivity contribution in [3.8, 4) is 0 Å². The Labute approximate surface area is 110 Å². The Hall–Kier alpha value is -1.94. The lowest BCUT2D eigenvalue weighted by Gasteiger charge is -2.07. The van der Waals surface area contributed by atoms with Crippen LogP contribution < -0.4 is 5.32 Å². The Morgan fingerprint density at radius 1 is 1.22 bits per heavy atom. The Kier molecular flexibility index (Phi) is 2.72. The Morgan fingerprint density at radius 2 is 2.11 bits per heavy atom. The summed E-state index contributed by atoms with van der Waals surface area (Å²) in [6.07, 6.45) is 1.89. The molecule has 0 bridgehead atoms. The first-order valence-electron chi connectivity index (χ1n) is 5.62. The summed E-state index contributed by atoms with van der Waals surface area (Å²) in [5, 5.41) is 3.47. The number of nitrogens with zero attached hydrogens (tertiary/aromatic N) is 3. The maximum atomic E-state index is 5.83. The average Bonchev–Trinajstić information content (AvgIpc) is 2.74. The van der Waals surface area contributed by atoms with Gasteiger partial charge in [-0.2, -0.15) is 0 Å². The van der Waals surface area contributed by atoms with Gasteiger partial charge in [0.2, 0.25) is 5.28 Å². The van der Waals surface area contributed by atoms with Crippen molar-refractivity contribution in [3.63, 3.8) is 0 Å². The zero-order valence-electron chi connectivity index (χ0n) is 9.81. The SMILES string of the molecule is Cc1cc(Nc2ccc3c(c2)C=NC3)nc(Cl)n1. The van der Waals surface area contributed by atoms with Crippen LogP contribution in [0.15, 0.2) is 29.3 Å². The summed E-state index contributed by atoms with van der Waals surface area (Å²) in [7, 11) is 0. The highest BCUT2D eigenvalue weighted by atomic mass is 35.5. The van der Waals surface area contributed by atoms with Crippen LogP contribution in [0.5, 0.6) is 0 Å². The van der Waals surface area contributed by atoms with Crippen LogP contribution in [0.25, 0.3) is 0 Å². The average molecular weight is 259 g/mol. The molecular formula is C13H11ClN4. The van der Waals surface area contributed by atoms with Crippen LogP contribution in [0, 0.1) is 6.92 Å². The smallest absolute Gasteiger partial charge is 0.224 e. The van der Waals surface area contributed by atoms with Crippen LogP contribution in [0.1, 0.15) is 16.8 Å². The van der Waals surface area contributed by atoms with Gasteiger partial charge >= 0.3 is 0 Å². The van der Waals surface area contributed by atoms with Crippen LogP contribution in [0.4, 0.5) is 11.5 Å². The Morgan fingerprint density at radius 3 is 2.94 bits per heavy atom. The first-order valence-corrected chi connectivity index (χ1v) is 5.99. The normalized spacial score (nSPS) is 12.6. The third-order valence-corrected chi connectivity index (χ3v) is 2.91. The van der Waals surface area contributed by atoms with E-state index in [1.54, 1.807) is 0 Å². The maximum Gasteiger partial charge on any atom is 0.224 e. The highest BCUT2D eigenvalue weighted by Gasteiger charge is 2.07. The summed E-state index contributed by atoms with van der Waals surface area (Å²) >= 11 is 5.83. The fraction of sp³-hybridized carbons (Fsp3) is 0.154. The van der Waals surface area contributed by atoms with E-state index in [1.165, 1.54) is 5.56 Å². The van der Waals surface area contributed by atoms with E-state index in [0.29, 0.717) is 5.82 Å². The summed E-state index contributed by atoms with van der Waals surface area (Å²) < 4.78 is 0. The van der Waals surface area contributed by atoms with E-state index in [1.807, 2.05) is 25.3 Å². The van der Waals surface area contributed by atoms with Gasteiger partial charge in [-0.15, -0.1) is 0 Å². The van der Waals surface area contributed by atoms with E-state index in [2.05, 4.69) is 32.4 Å². The summed E-state index contributed by atoms with van der Waals surface area (Å²) in [5.41, 5.74) is 4.20. The number of hydrogen-bond acceptors (Lipinski definition) is 4. The lowest BCUT2D eigenvalue weighted by molar-refractivity contribution is 1.10. The quantitative estimate of drug-likeness (QED) is 0.842. The molecule has 1 aliphatic heterocycles. The first-order chi connectivity index (χ1) is 8.70. The molecule has 0 saturated carbocycles. The summed E-state index contributed by atoms with van der Waals surface area (Å²) in [6, 6.07) is 7.99. The molecule has 0 radical (unpaired) electrons. The van der Waals surface area contributed by atoms with Gasteiger partial charge in [0.1, 0.15) is 5.82 Å². The van der Waals surface area contributed by atoms with Crippen LogP contribution in [0.2, 0.25) is 5.28 Å². The van der Waals surface area contributed by atoms with Crippen molar-refractivity contribution in [1.29, 1.82) is 0 Å². The van der Waals surface area contributed by atoms with Crippen LogP contribution in [0.3, 0.4) is 0 Å². The van der Waals surface area contributed by atoms with E-state index in [0.717, 1.165) is 23.5 Å². The van der Waals surface area contributed by atoms with Crippen molar-refractivity contribution in [2.24, 2.45) is 4.99 Å². The van der Waals surface area contributed by atoms with E-state index >= 15 is 0 Å². The van der Waals surface area contributed by atoms with Crippen molar-refractivity contribution >= 4 is 29.3 Å². The fourth-order valence-corrected chi connectivity index (χ4v) is 2.15. The number of fused-ring (bicyclic) bond motifs is 1. The second-order valence-corrected chi connectivity index (χ2v) is 4.51. The summed E-state index contributed by atoms with van der Waals surface area (Å²) in [6.45, 7) is 2.65. The van der Waals surface area contributed by atoms with Crippen LogP contribution in [-0.2, 0) is 6.54 Å². The number of aromatic nitrogens is 2. The van der Waals surface area contributed by atoms with Gasteiger partial charge < -0.3 is 5.32 Å². The topological polar surface area (TPSA) is 50.2 Å². The lowest BCUT2D eigenvalue weighted by atomic mass is 10.1. The molecule has 18 heavy (non-hydrogen) atoms. The predicted molar refractivity (Wildman–Crippen MR) is 72.8 cm³/mol. The highest BCUT2D eigenvalue weighted by molar-refractivity contribution is 6.28. The molecule has 4 nitrogen and oxygen atoms in total. The van der Waals surface area contributed by atoms with E-state index in [9.17, 15) is 0 Å². The van der Waals surface area contributed by atoms with Gasteiger partial charge in [-0.05, 0) is 41.8 Å². The summed E-state index contributed by atoms with van der Waals surface area (Å²) in [5.74, 6) is 0.697. The molecule has 90 valence electrons. The van der Waals surface area contributed by atoms with Crippen molar-refractivity contribution in [3.05, 3.63) is 46.4 Å². The van der Waals surface area contributed by atoms with Crippen molar-refractivity contribution in [2.75, 3.05) is 5.32 Å². The molecule has 2 aromatic rings. The molecule has 0 unspecified atom stereocenters. The zero-order valence-corrected chi connectivity index (χ0v) is 10.6.